The third-order valence-electron chi connectivity index (χ3n) is 4.63. The number of nitrogens with zero attached hydrogens (tertiary/aromatic N) is 4. The Balaban J connectivity index is 1.81. The Morgan fingerprint density at radius 1 is 1.16 bits per heavy atom. The maximum atomic E-state index is 12.2. The molecular weight excluding hydrogens is 444 g/mol. The van der Waals surface area contributed by atoms with Gasteiger partial charge in [0.05, 0.1) is 10.6 Å². The normalized spacial score (nSPS) is 10.2. The molecule has 0 fully saturated rings. The Kier molecular flexibility index (Phi) is 7.67. The summed E-state index contributed by atoms with van der Waals surface area (Å²) in [4.78, 5) is 20.5. The molecule has 2 heterocycles. The average molecular weight is 463 g/mol. The molecule has 0 aliphatic heterocycles. The van der Waals surface area contributed by atoms with E-state index in [1.807, 2.05) is 24.3 Å². The van der Waals surface area contributed by atoms with Gasteiger partial charge in [0.15, 0.2) is 0 Å². The fourth-order valence-corrected chi connectivity index (χ4v) is 4.04. The number of nitrogens with one attached hydrogen (secondary N) is 1. The van der Waals surface area contributed by atoms with Crippen LogP contribution in [0.4, 0.5) is 11.6 Å². The van der Waals surface area contributed by atoms with Crippen molar-refractivity contribution < 1.29 is 4.79 Å². The molecule has 0 bridgehead atoms. The van der Waals surface area contributed by atoms with Crippen molar-refractivity contribution in [2.45, 2.75) is 24.8 Å². The minimum absolute atomic E-state index is 0.0541. The number of aromatic nitrogens is 2. The number of pyridine rings is 2. The monoisotopic (exact) mass is 462 g/mol. The number of hydrogen-bond donors (Lipinski definition) is 2. The van der Waals surface area contributed by atoms with E-state index in [1.165, 1.54) is 18.0 Å². The summed E-state index contributed by atoms with van der Waals surface area (Å²) in [5.41, 5.74) is 8.80. The van der Waals surface area contributed by atoms with Crippen LogP contribution in [0.25, 0.3) is 11.1 Å². The van der Waals surface area contributed by atoms with Crippen LogP contribution in [-0.4, -0.2) is 21.6 Å². The highest BCUT2D eigenvalue weighted by Gasteiger charge is 2.20. The summed E-state index contributed by atoms with van der Waals surface area (Å²) in [6.07, 6.45) is 2.49. The topological polar surface area (TPSA) is 128 Å². The van der Waals surface area contributed by atoms with E-state index in [0.29, 0.717) is 27.2 Å². The number of anilines is 2. The molecule has 1 amide bonds. The first-order valence-corrected chi connectivity index (χ1v) is 11.1. The second kappa shape index (κ2) is 10.6. The summed E-state index contributed by atoms with van der Waals surface area (Å²) in [5.74, 6) is 0.586. The van der Waals surface area contributed by atoms with Crippen molar-refractivity contribution >= 4 is 40.9 Å². The fraction of sp³-hybridized carbons (Fsp3) is 0.174. The van der Waals surface area contributed by atoms with Gasteiger partial charge >= 0.3 is 0 Å². The van der Waals surface area contributed by atoms with Crippen molar-refractivity contribution in [2.75, 3.05) is 16.8 Å². The van der Waals surface area contributed by atoms with E-state index in [9.17, 15) is 15.3 Å². The summed E-state index contributed by atoms with van der Waals surface area (Å²) in [5, 5.41) is 23.0. The Hall–Kier alpha value is -3.59. The summed E-state index contributed by atoms with van der Waals surface area (Å²) in [6, 6.07) is 15.1. The highest BCUT2D eigenvalue weighted by atomic mass is 35.5. The SMILES string of the molecule is CCc1ccc(-c2c(C#N)c(N)nc(SCCC(=O)Nc3ccc(Cl)cn3)c2C#N)cc1. The number of nitrogens with two attached hydrogens (primary N) is 1. The number of rotatable bonds is 7. The predicted octanol–water partition coefficient (Wildman–Crippen LogP) is 4.81. The van der Waals surface area contributed by atoms with Gasteiger partial charge in [-0.2, -0.15) is 10.5 Å². The van der Waals surface area contributed by atoms with Crippen LogP contribution < -0.4 is 11.1 Å². The van der Waals surface area contributed by atoms with Crippen LogP contribution in [0.15, 0.2) is 47.6 Å². The summed E-state index contributed by atoms with van der Waals surface area (Å²) < 4.78 is 0. The number of aryl methyl sites for hydroxylation is 1. The molecule has 0 unspecified atom stereocenters. The van der Waals surface area contributed by atoms with Gasteiger partial charge in [0.25, 0.3) is 0 Å². The Bertz CT molecular complexity index is 1210. The van der Waals surface area contributed by atoms with Crippen LogP contribution in [0, 0.1) is 22.7 Å². The quantitative estimate of drug-likeness (QED) is 0.482. The number of carbonyl (C=O) groups is 1. The molecule has 0 spiro atoms. The van der Waals surface area contributed by atoms with Crippen LogP contribution in [0.5, 0.6) is 0 Å². The van der Waals surface area contributed by atoms with Crippen LogP contribution in [-0.2, 0) is 11.2 Å². The Labute approximate surface area is 195 Å². The first-order valence-electron chi connectivity index (χ1n) is 9.74. The van der Waals surface area contributed by atoms with E-state index >= 15 is 0 Å². The zero-order valence-electron chi connectivity index (χ0n) is 17.2. The standard InChI is InChI=1S/C23H19ClN6OS/c1-2-14-3-5-15(6-4-14)21-17(11-25)22(27)30-23(18(21)12-26)32-10-9-20(31)29-19-8-7-16(24)13-28-19/h3-8,13H,2,9-10H2,1H3,(H2,27,30)(H,28,29,31). The molecule has 2 aromatic heterocycles. The molecule has 3 rings (SSSR count). The molecule has 0 atom stereocenters. The minimum atomic E-state index is -0.233. The fourth-order valence-electron chi connectivity index (χ4n) is 2.99. The number of benzene rings is 1. The molecule has 160 valence electrons. The van der Waals surface area contributed by atoms with E-state index in [0.717, 1.165) is 17.5 Å². The molecule has 3 N–H and O–H groups in total. The Morgan fingerprint density at radius 3 is 2.47 bits per heavy atom. The molecule has 32 heavy (non-hydrogen) atoms. The number of hydrogen-bond acceptors (Lipinski definition) is 7. The molecule has 3 aromatic rings. The average Bonchev–Trinajstić information content (AvgIpc) is 2.80. The molecule has 0 saturated carbocycles. The van der Waals surface area contributed by atoms with Gasteiger partial charge < -0.3 is 11.1 Å². The van der Waals surface area contributed by atoms with E-state index < -0.39 is 0 Å². The van der Waals surface area contributed by atoms with Gasteiger partial charge in [-0.3, -0.25) is 4.79 Å². The van der Waals surface area contributed by atoms with Crippen molar-refractivity contribution in [1.82, 2.24) is 9.97 Å². The third kappa shape index (κ3) is 5.36. The maximum Gasteiger partial charge on any atom is 0.226 e. The lowest BCUT2D eigenvalue weighted by atomic mass is 9.96. The van der Waals surface area contributed by atoms with E-state index in [1.54, 1.807) is 12.1 Å². The lowest BCUT2D eigenvalue weighted by molar-refractivity contribution is -0.115. The van der Waals surface area contributed by atoms with Gasteiger partial charge in [0.2, 0.25) is 5.91 Å². The first-order chi connectivity index (χ1) is 15.5. The highest BCUT2D eigenvalue weighted by Crippen LogP contribution is 2.36. The van der Waals surface area contributed by atoms with Crippen molar-refractivity contribution in [1.29, 1.82) is 10.5 Å². The van der Waals surface area contributed by atoms with Crippen molar-refractivity contribution in [3.05, 3.63) is 64.3 Å². The van der Waals surface area contributed by atoms with Crippen molar-refractivity contribution in [3.63, 3.8) is 0 Å². The molecule has 0 aliphatic rings. The maximum absolute atomic E-state index is 12.2. The van der Waals surface area contributed by atoms with E-state index in [-0.39, 0.29) is 29.3 Å². The van der Waals surface area contributed by atoms with Gasteiger partial charge in [-0.15, -0.1) is 11.8 Å². The molecule has 1 aromatic carbocycles. The molecular formula is C23H19ClN6OS. The van der Waals surface area contributed by atoms with Gasteiger partial charge in [0.1, 0.15) is 34.4 Å². The number of amides is 1. The van der Waals surface area contributed by atoms with Gasteiger partial charge in [-0.1, -0.05) is 42.8 Å². The van der Waals surface area contributed by atoms with Crippen LogP contribution in [0.2, 0.25) is 5.02 Å². The lowest BCUT2D eigenvalue weighted by Crippen LogP contribution is -2.13. The number of nitriles is 2. The van der Waals surface area contributed by atoms with Crippen LogP contribution >= 0.6 is 23.4 Å². The minimum Gasteiger partial charge on any atom is -0.383 e. The summed E-state index contributed by atoms with van der Waals surface area (Å²) in [6.45, 7) is 2.05. The molecule has 7 nitrogen and oxygen atoms in total. The number of carbonyl (C=O) groups excluding carboxylic acids is 1. The van der Waals surface area contributed by atoms with Crippen molar-refractivity contribution in [3.8, 4) is 23.3 Å². The van der Waals surface area contributed by atoms with Gasteiger partial charge in [-0.05, 0) is 29.7 Å². The van der Waals surface area contributed by atoms with E-state index in [2.05, 4.69) is 34.3 Å². The number of nitrogen functional groups attached to an aromatic ring is 1. The first kappa shape index (κ1) is 23.1. The third-order valence-corrected chi connectivity index (χ3v) is 5.83. The second-order valence-electron chi connectivity index (χ2n) is 6.71. The van der Waals surface area contributed by atoms with E-state index in [4.69, 9.17) is 17.3 Å². The molecule has 0 aliphatic carbocycles. The number of thioether (sulfide) groups is 1. The van der Waals surface area contributed by atoms with Gasteiger partial charge in [0, 0.05) is 23.9 Å². The zero-order valence-corrected chi connectivity index (χ0v) is 18.8. The summed E-state index contributed by atoms with van der Waals surface area (Å²) in [7, 11) is 0. The molecule has 0 radical (unpaired) electrons. The smallest absolute Gasteiger partial charge is 0.226 e. The molecule has 9 heteroatoms. The van der Waals surface area contributed by atoms with Crippen LogP contribution in [0.3, 0.4) is 0 Å². The highest BCUT2D eigenvalue weighted by molar-refractivity contribution is 7.99. The molecule has 0 saturated heterocycles. The van der Waals surface area contributed by atoms with Gasteiger partial charge in [-0.25, -0.2) is 9.97 Å². The lowest BCUT2D eigenvalue weighted by Gasteiger charge is -2.13. The number of halogens is 1. The zero-order chi connectivity index (χ0) is 23.1. The van der Waals surface area contributed by atoms with Crippen molar-refractivity contribution in [2.24, 2.45) is 0 Å². The second-order valence-corrected chi connectivity index (χ2v) is 8.23. The summed E-state index contributed by atoms with van der Waals surface area (Å²) >= 11 is 7.03. The largest absolute Gasteiger partial charge is 0.383 e. The van der Waals surface area contributed by atoms with Crippen LogP contribution in [0.1, 0.15) is 30.0 Å². The predicted molar refractivity (Wildman–Crippen MR) is 126 cm³/mol. The Morgan fingerprint density at radius 2 is 1.88 bits per heavy atom.